The highest BCUT2D eigenvalue weighted by molar-refractivity contribution is 7.80. The van der Waals surface area contributed by atoms with Gasteiger partial charge in [-0.3, -0.25) is 0 Å². The van der Waals surface area contributed by atoms with Gasteiger partial charge in [0, 0.05) is 10.6 Å². The van der Waals surface area contributed by atoms with E-state index in [9.17, 15) is 4.79 Å². The van der Waals surface area contributed by atoms with Gasteiger partial charge in [0.05, 0.1) is 12.7 Å². The predicted octanol–water partition coefficient (Wildman–Crippen LogP) is 5.17. The highest BCUT2D eigenvalue weighted by Gasteiger charge is 2.25. The van der Waals surface area contributed by atoms with Crippen LogP contribution in [0.25, 0.3) is 0 Å². The fourth-order valence-electron chi connectivity index (χ4n) is 3.28. The summed E-state index contributed by atoms with van der Waals surface area (Å²) in [6.45, 7) is 2.12. The van der Waals surface area contributed by atoms with Crippen molar-refractivity contribution in [3.05, 3.63) is 45.8 Å². The molecule has 3 rings (SSSR count). The van der Waals surface area contributed by atoms with Gasteiger partial charge in [0.15, 0.2) is 5.11 Å². The molecule has 1 heterocycles. The molecule has 0 atom stereocenters. The molecule has 0 fully saturated rings. The monoisotopic (exact) mass is 388 g/mol. The Morgan fingerprint density at radius 2 is 2.04 bits per heavy atom. The molecular weight excluding hydrogens is 364 g/mol. The summed E-state index contributed by atoms with van der Waals surface area (Å²) in [5.74, 6) is -0.289. The summed E-state index contributed by atoms with van der Waals surface area (Å²) in [7, 11) is 1.43. The van der Waals surface area contributed by atoms with Crippen molar-refractivity contribution in [2.75, 3.05) is 17.7 Å². The second-order valence-corrected chi connectivity index (χ2v) is 7.91. The van der Waals surface area contributed by atoms with Crippen LogP contribution in [-0.2, 0) is 24.0 Å². The lowest BCUT2D eigenvalue weighted by molar-refractivity contribution is 0.0601. The Balaban J connectivity index is 1.82. The Morgan fingerprint density at radius 1 is 1.23 bits per heavy atom. The molecule has 0 radical (unpaired) electrons. The molecular formula is C20H24N2O2S2. The Hall–Kier alpha value is -1.92. The van der Waals surface area contributed by atoms with Gasteiger partial charge in [-0.15, -0.1) is 11.3 Å². The topological polar surface area (TPSA) is 50.4 Å². The third kappa shape index (κ3) is 4.24. The second kappa shape index (κ2) is 8.64. The minimum absolute atomic E-state index is 0.289. The number of thiocarbonyl (C=S) groups is 1. The van der Waals surface area contributed by atoms with E-state index in [0.29, 0.717) is 10.7 Å². The lowest BCUT2D eigenvalue weighted by Crippen LogP contribution is -2.20. The first-order chi connectivity index (χ1) is 12.6. The molecule has 6 heteroatoms. The van der Waals surface area contributed by atoms with Gasteiger partial charge in [-0.25, -0.2) is 4.79 Å². The molecule has 1 aromatic carbocycles. The van der Waals surface area contributed by atoms with Gasteiger partial charge < -0.3 is 15.4 Å². The molecule has 2 N–H and O–H groups in total. The third-order valence-electron chi connectivity index (χ3n) is 4.63. The van der Waals surface area contributed by atoms with Gasteiger partial charge in [-0.1, -0.05) is 25.5 Å². The van der Waals surface area contributed by atoms with Gasteiger partial charge in [0.25, 0.3) is 0 Å². The number of thiophene rings is 1. The zero-order chi connectivity index (χ0) is 18.5. The number of hydrogen-bond acceptors (Lipinski definition) is 4. The van der Waals surface area contributed by atoms with Crippen LogP contribution in [0.4, 0.5) is 10.7 Å². The van der Waals surface area contributed by atoms with Crippen LogP contribution in [0.1, 0.15) is 52.5 Å². The first kappa shape index (κ1) is 18.9. The molecule has 0 saturated carbocycles. The molecule has 1 aromatic heterocycles. The summed E-state index contributed by atoms with van der Waals surface area (Å²) < 4.78 is 5.04. The van der Waals surface area contributed by atoms with Crippen molar-refractivity contribution >= 4 is 45.3 Å². The number of rotatable bonds is 4. The van der Waals surface area contributed by atoms with Crippen LogP contribution in [0, 0.1) is 0 Å². The number of carbonyl (C=O) groups is 1. The number of carbonyl (C=O) groups excluding carboxylic acids is 1. The summed E-state index contributed by atoms with van der Waals surface area (Å²) >= 11 is 7.11. The Bertz CT molecular complexity index is 814. The molecule has 4 nitrogen and oxygen atoms in total. The van der Waals surface area contributed by atoms with E-state index in [4.69, 9.17) is 17.0 Å². The van der Waals surface area contributed by atoms with Crippen molar-refractivity contribution < 1.29 is 9.53 Å². The van der Waals surface area contributed by atoms with Crippen molar-refractivity contribution in [1.29, 1.82) is 0 Å². The highest BCUT2D eigenvalue weighted by atomic mass is 32.1. The van der Waals surface area contributed by atoms with E-state index in [2.05, 4.69) is 29.7 Å². The Labute approximate surface area is 164 Å². The lowest BCUT2D eigenvalue weighted by atomic mass is 10.1. The number of aryl methyl sites for hydroxylation is 2. The normalized spacial score (nSPS) is 13.5. The number of nitrogens with one attached hydrogen (secondary N) is 2. The molecule has 138 valence electrons. The molecule has 2 aromatic rings. The fraction of sp³-hybridized carbons (Fsp3) is 0.400. The van der Waals surface area contributed by atoms with Crippen LogP contribution in [0.5, 0.6) is 0 Å². The fourth-order valence-corrected chi connectivity index (χ4v) is 4.85. The lowest BCUT2D eigenvalue weighted by Gasteiger charge is -2.12. The maximum absolute atomic E-state index is 12.4. The van der Waals surface area contributed by atoms with Crippen molar-refractivity contribution in [2.45, 2.75) is 45.4 Å². The maximum atomic E-state index is 12.4. The molecule has 1 aliphatic carbocycles. The summed E-state index contributed by atoms with van der Waals surface area (Å²) in [4.78, 5) is 13.7. The minimum Gasteiger partial charge on any atom is -0.465 e. The number of anilines is 2. The van der Waals surface area contributed by atoms with Gasteiger partial charge in [-0.05, 0) is 67.6 Å². The smallest absolute Gasteiger partial charge is 0.341 e. The van der Waals surface area contributed by atoms with Crippen LogP contribution in [0.3, 0.4) is 0 Å². The zero-order valence-corrected chi connectivity index (χ0v) is 16.8. The number of hydrogen-bond donors (Lipinski definition) is 2. The summed E-state index contributed by atoms with van der Waals surface area (Å²) in [6.07, 6.45) is 6.40. The van der Waals surface area contributed by atoms with Crippen molar-refractivity contribution in [2.24, 2.45) is 0 Å². The van der Waals surface area contributed by atoms with E-state index >= 15 is 0 Å². The number of benzene rings is 1. The maximum Gasteiger partial charge on any atom is 0.341 e. The summed E-state index contributed by atoms with van der Waals surface area (Å²) in [6, 6.07) is 8.17. The van der Waals surface area contributed by atoms with E-state index < -0.39 is 0 Å². The molecule has 0 bridgehead atoms. The van der Waals surface area contributed by atoms with E-state index in [1.165, 1.54) is 30.4 Å². The molecule has 0 aliphatic heterocycles. The van der Waals surface area contributed by atoms with Gasteiger partial charge >= 0.3 is 5.97 Å². The first-order valence-electron chi connectivity index (χ1n) is 9.02. The summed E-state index contributed by atoms with van der Waals surface area (Å²) in [5, 5.41) is 7.72. The van der Waals surface area contributed by atoms with Crippen LogP contribution in [0.2, 0.25) is 0 Å². The van der Waals surface area contributed by atoms with Gasteiger partial charge in [0.2, 0.25) is 0 Å². The standard InChI is InChI=1S/C20H24N2O2S2/c1-3-13-8-7-9-14(12-13)21-20(25)22-18-17(19(23)24-2)15-10-5-4-6-11-16(15)26-18/h7-9,12H,3-6,10-11H2,1-2H3,(H2,21,22,25). The Morgan fingerprint density at radius 3 is 2.81 bits per heavy atom. The van der Waals surface area contributed by atoms with E-state index in [-0.39, 0.29) is 5.97 Å². The van der Waals surface area contributed by atoms with Crippen LogP contribution >= 0.6 is 23.6 Å². The SMILES string of the molecule is CCc1cccc(NC(=S)Nc2sc3c(c2C(=O)OC)CCCCC3)c1. The average Bonchev–Trinajstić information content (AvgIpc) is 2.81. The predicted molar refractivity (Wildman–Crippen MR) is 113 cm³/mol. The van der Waals surface area contributed by atoms with Gasteiger partial charge in [0.1, 0.15) is 5.00 Å². The molecule has 0 unspecified atom stereocenters. The van der Waals surface area contributed by atoms with Crippen molar-refractivity contribution in [3.8, 4) is 0 Å². The number of methoxy groups -OCH3 is 1. The van der Waals surface area contributed by atoms with Crippen LogP contribution < -0.4 is 10.6 Å². The molecule has 26 heavy (non-hydrogen) atoms. The quantitative estimate of drug-likeness (QED) is 0.430. The molecule has 0 saturated heterocycles. The molecule has 1 aliphatic rings. The second-order valence-electron chi connectivity index (χ2n) is 6.39. The number of fused-ring (bicyclic) bond motifs is 1. The van der Waals surface area contributed by atoms with Crippen molar-refractivity contribution in [1.82, 2.24) is 0 Å². The largest absolute Gasteiger partial charge is 0.465 e. The number of ether oxygens (including phenoxy) is 1. The highest BCUT2D eigenvalue weighted by Crippen LogP contribution is 2.38. The minimum atomic E-state index is -0.289. The first-order valence-corrected chi connectivity index (χ1v) is 10.2. The third-order valence-corrected chi connectivity index (χ3v) is 6.04. The van der Waals surface area contributed by atoms with Gasteiger partial charge in [-0.2, -0.15) is 0 Å². The molecule has 0 amide bonds. The van der Waals surface area contributed by atoms with E-state index in [1.807, 2.05) is 12.1 Å². The Kier molecular flexibility index (Phi) is 6.27. The van der Waals surface area contributed by atoms with E-state index in [0.717, 1.165) is 41.9 Å². The number of esters is 1. The van der Waals surface area contributed by atoms with Crippen LogP contribution in [0.15, 0.2) is 24.3 Å². The van der Waals surface area contributed by atoms with E-state index in [1.54, 1.807) is 11.3 Å². The summed E-state index contributed by atoms with van der Waals surface area (Å²) in [5.41, 5.74) is 3.98. The average molecular weight is 389 g/mol. The zero-order valence-electron chi connectivity index (χ0n) is 15.2. The van der Waals surface area contributed by atoms with Crippen LogP contribution in [-0.4, -0.2) is 18.2 Å². The molecule has 0 spiro atoms. The van der Waals surface area contributed by atoms with Crippen molar-refractivity contribution in [3.63, 3.8) is 0 Å².